The third-order valence-electron chi connectivity index (χ3n) is 2.84. The van der Waals surface area contributed by atoms with Gasteiger partial charge in [-0.3, -0.25) is 0 Å². The molecule has 0 heterocycles. The van der Waals surface area contributed by atoms with Gasteiger partial charge in [0, 0.05) is 0 Å². The van der Waals surface area contributed by atoms with E-state index in [1.54, 1.807) is 24.3 Å². The molecule has 0 atom stereocenters. The zero-order valence-electron chi connectivity index (χ0n) is 10.1. The second-order valence-corrected chi connectivity index (χ2v) is 4.05. The van der Waals surface area contributed by atoms with Gasteiger partial charge in [0.05, 0.1) is 17.2 Å². The summed E-state index contributed by atoms with van der Waals surface area (Å²) in [5, 5.41) is 17.6. The number of hydrogen-bond acceptors (Lipinski definition) is 2. The van der Waals surface area contributed by atoms with Crippen LogP contribution in [0.4, 0.5) is 0 Å². The molecule has 0 aromatic heterocycles. The Balaban J connectivity index is 2.29. The van der Waals surface area contributed by atoms with Gasteiger partial charge < -0.3 is 5.11 Å². The maximum Gasteiger partial charge on any atom is 0.335 e. The fourth-order valence-corrected chi connectivity index (χ4v) is 1.72. The molecule has 0 aliphatic rings. The topological polar surface area (TPSA) is 61.1 Å². The Kier molecular flexibility index (Phi) is 3.44. The van der Waals surface area contributed by atoms with Crippen LogP contribution in [0.5, 0.6) is 0 Å². The lowest BCUT2D eigenvalue weighted by Crippen LogP contribution is -1.97. The summed E-state index contributed by atoms with van der Waals surface area (Å²) < 4.78 is 0. The first-order valence-electron chi connectivity index (χ1n) is 5.65. The Morgan fingerprint density at radius 1 is 1.00 bits per heavy atom. The second kappa shape index (κ2) is 5.19. The molecule has 0 saturated carbocycles. The van der Waals surface area contributed by atoms with Gasteiger partial charge in [-0.05, 0) is 28.8 Å². The SMILES string of the molecule is C=C(C(=O)O)c1ccc(-c2ccc(C#N)cc2)cc1. The molecule has 0 amide bonds. The van der Waals surface area contributed by atoms with Crippen LogP contribution in [0.3, 0.4) is 0 Å². The lowest BCUT2D eigenvalue weighted by Gasteiger charge is -2.04. The van der Waals surface area contributed by atoms with Crippen LogP contribution in [-0.4, -0.2) is 11.1 Å². The normalized spacial score (nSPS) is 9.63. The van der Waals surface area contributed by atoms with Gasteiger partial charge in [-0.2, -0.15) is 5.26 Å². The molecule has 0 spiro atoms. The zero-order chi connectivity index (χ0) is 13.8. The second-order valence-electron chi connectivity index (χ2n) is 4.05. The molecule has 0 unspecified atom stereocenters. The van der Waals surface area contributed by atoms with Gasteiger partial charge in [0.1, 0.15) is 0 Å². The van der Waals surface area contributed by atoms with Crippen LogP contribution >= 0.6 is 0 Å². The number of hydrogen-bond donors (Lipinski definition) is 1. The predicted molar refractivity (Wildman–Crippen MR) is 73.3 cm³/mol. The largest absolute Gasteiger partial charge is 0.478 e. The number of carbonyl (C=O) groups is 1. The summed E-state index contributed by atoms with van der Waals surface area (Å²) in [6, 6.07) is 16.4. The number of carboxylic acid groups (broad SMARTS) is 1. The molecule has 2 aromatic rings. The first kappa shape index (κ1) is 12.6. The molecule has 0 bridgehead atoms. The maximum atomic E-state index is 10.8. The molecule has 3 heteroatoms. The van der Waals surface area contributed by atoms with Gasteiger partial charge in [0.25, 0.3) is 0 Å². The predicted octanol–water partition coefficient (Wildman–Crippen LogP) is 3.32. The summed E-state index contributed by atoms with van der Waals surface area (Å²) in [5.41, 5.74) is 3.22. The third kappa shape index (κ3) is 2.70. The summed E-state index contributed by atoms with van der Waals surface area (Å²) in [4.78, 5) is 10.8. The molecular formula is C16H11NO2. The highest BCUT2D eigenvalue weighted by molar-refractivity contribution is 6.14. The van der Waals surface area contributed by atoms with Crippen molar-refractivity contribution in [3.8, 4) is 17.2 Å². The van der Waals surface area contributed by atoms with E-state index >= 15 is 0 Å². The Bertz CT molecular complexity index is 661. The lowest BCUT2D eigenvalue weighted by atomic mass is 10.0. The van der Waals surface area contributed by atoms with E-state index in [1.807, 2.05) is 24.3 Å². The summed E-state index contributed by atoms with van der Waals surface area (Å²) in [6.07, 6.45) is 0. The van der Waals surface area contributed by atoms with Crippen molar-refractivity contribution in [3.63, 3.8) is 0 Å². The number of carboxylic acids is 1. The van der Waals surface area contributed by atoms with Gasteiger partial charge in [-0.1, -0.05) is 43.0 Å². The molecular weight excluding hydrogens is 238 g/mol. The van der Waals surface area contributed by atoms with E-state index in [4.69, 9.17) is 10.4 Å². The van der Waals surface area contributed by atoms with Crippen LogP contribution in [0.1, 0.15) is 11.1 Å². The zero-order valence-corrected chi connectivity index (χ0v) is 10.1. The summed E-state index contributed by atoms with van der Waals surface area (Å²) in [5.74, 6) is -1.02. The Hall–Kier alpha value is -2.86. The molecule has 1 N–H and O–H groups in total. The average molecular weight is 249 g/mol. The van der Waals surface area contributed by atoms with Crippen LogP contribution in [0, 0.1) is 11.3 Å². The van der Waals surface area contributed by atoms with Crippen molar-refractivity contribution in [1.29, 1.82) is 5.26 Å². The van der Waals surface area contributed by atoms with Crippen molar-refractivity contribution >= 4 is 11.5 Å². The lowest BCUT2D eigenvalue weighted by molar-refractivity contribution is -0.130. The Morgan fingerprint density at radius 2 is 1.47 bits per heavy atom. The van der Waals surface area contributed by atoms with Crippen molar-refractivity contribution in [1.82, 2.24) is 0 Å². The van der Waals surface area contributed by atoms with Crippen LogP contribution in [0.25, 0.3) is 16.7 Å². The van der Waals surface area contributed by atoms with Gasteiger partial charge in [-0.15, -0.1) is 0 Å². The van der Waals surface area contributed by atoms with Crippen LogP contribution in [0.2, 0.25) is 0 Å². The number of nitriles is 1. The molecule has 2 rings (SSSR count). The monoisotopic (exact) mass is 249 g/mol. The minimum absolute atomic E-state index is 0.0754. The third-order valence-corrected chi connectivity index (χ3v) is 2.84. The molecule has 0 fully saturated rings. The van der Waals surface area contributed by atoms with Crippen molar-refractivity contribution < 1.29 is 9.90 Å². The summed E-state index contributed by atoms with van der Waals surface area (Å²) in [7, 11) is 0. The molecule has 92 valence electrons. The van der Waals surface area contributed by atoms with Gasteiger partial charge in [0.15, 0.2) is 0 Å². The fourth-order valence-electron chi connectivity index (χ4n) is 1.72. The first-order valence-corrected chi connectivity index (χ1v) is 5.65. The molecule has 0 aliphatic carbocycles. The summed E-state index contributed by atoms with van der Waals surface area (Å²) >= 11 is 0. The number of aliphatic carboxylic acids is 1. The highest BCUT2D eigenvalue weighted by Crippen LogP contribution is 2.22. The number of nitrogens with zero attached hydrogens (tertiary/aromatic N) is 1. The fraction of sp³-hybridized carbons (Fsp3) is 0. The molecule has 2 aromatic carbocycles. The van der Waals surface area contributed by atoms with Gasteiger partial charge >= 0.3 is 5.97 Å². The molecule has 0 aliphatic heterocycles. The quantitative estimate of drug-likeness (QED) is 0.849. The van der Waals surface area contributed by atoms with Crippen LogP contribution in [-0.2, 0) is 4.79 Å². The van der Waals surface area contributed by atoms with E-state index < -0.39 is 5.97 Å². The Morgan fingerprint density at radius 3 is 1.89 bits per heavy atom. The van der Waals surface area contributed by atoms with E-state index in [9.17, 15) is 4.79 Å². The van der Waals surface area contributed by atoms with Gasteiger partial charge in [0.2, 0.25) is 0 Å². The van der Waals surface area contributed by atoms with Crippen LogP contribution in [0.15, 0.2) is 55.1 Å². The number of benzene rings is 2. The highest BCUT2D eigenvalue weighted by Gasteiger charge is 2.07. The Labute approximate surface area is 111 Å². The minimum atomic E-state index is -1.02. The number of rotatable bonds is 3. The highest BCUT2D eigenvalue weighted by atomic mass is 16.4. The molecule has 3 nitrogen and oxygen atoms in total. The van der Waals surface area contributed by atoms with Crippen molar-refractivity contribution in [2.45, 2.75) is 0 Å². The van der Waals surface area contributed by atoms with E-state index in [1.165, 1.54) is 0 Å². The van der Waals surface area contributed by atoms with E-state index in [2.05, 4.69) is 12.6 Å². The maximum absolute atomic E-state index is 10.8. The average Bonchev–Trinajstić information content (AvgIpc) is 2.46. The summed E-state index contributed by atoms with van der Waals surface area (Å²) in [6.45, 7) is 3.51. The van der Waals surface area contributed by atoms with Crippen LogP contribution < -0.4 is 0 Å². The van der Waals surface area contributed by atoms with Crippen molar-refractivity contribution in [2.75, 3.05) is 0 Å². The molecule has 19 heavy (non-hydrogen) atoms. The smallest absolute Gasteiger partial charge is 0.335 e. The first-order chi connectivity index (χ1) is 9.11. The van der Waals surface area contributed by atoms with E-state index in [0.717, 1.165) is 11.1 Å². The molecule has 0 saturated heterocycles. The van der Waals surface area contributed by atoms with Crippen molar-refractivity contribution in [2.24, 2.45) is 0 Å². The van der Waals surface area contributed by atoms with Gasteiger partial charge in [-0.25, -0.2) is 4.79 Å². The van der Waals surface area contributed by atoms with E-state index in [-0.39, 0.29) is 5.57 Å². The molecule has 0 radical (unpaired) electrons. The van der Waals surface area contributed by atoms with E-state index in [0.29, 0.717) is 11.1 Å². The standard InChI is InChI=1S/C16H11NO2/c1-11(16(18)19)13-6-8-15(9-7-13)14-4-2-12(10-17)3-5-14/h2-9H,1H2,(H,18,19). The minimum Gasteiger partial charge on any atom is -0.478 e. The van der Waals surface area contributed by atoms with Crippen molar-refractivity contribution in [3.05, 3.63) is 66.2 Å².